The van der Waals surface area contributed by atoms with E-state index in [0.717, 1.165) is 29.2 Å². The summed E-state index contributed by atoms with van der Waals surface area (Å²) in [7, 11) is 0. The van der Waals surface area contributed by atoms with Crippen LogP contribution in [0.4, 0.5) is 0 Å². The number of amides is 1. The van der Waals surface area contributed by atoms with Crippen molar-refractivity contribution < 1.29 is 14.3 Å². The number of carbonyl (C=O) groups is 1. The Kier molecular flexibility index (Phi) is 4.77. The third-order valence-electron chi connectivity index (χ3n) is 4.98. The second-order valence-corrected chi connectivity index (χ2v) is 8.23. The summed E-state index contributed by atoms with van der Waals surface area (Å²) in [6.45, 7) is 6.37. The van der Waals surface area contributed by atoms with Gasteiger partial charge in [-0.2, -0.15) is 0 Å². The molecule has 2 fully saturated rings. The van der Waals surface area contributed by atoms with Gasteiger partial charge in [0, 0.05) is 30.3 Å². The van der Waals surface area contributed by atoms with Gasteiger partial charge in [-0.1, -0.05) is 0 Å². The van der Waals surface area contributed by atoms with Crippen molar-refractivity contribution in [3.63, 3.8) is 0 Å². The van der Waals surface area contributed by atoms with Crippen LogP contribution in [0.2, 0.25) is 0 Å². The smallest absolute Gasteiger partial charge is 0.255 e. The highest BCUT2D eigenvalue weighted by Crippen LogP contribution is 2.36. The van der Waals surface area contributed by atoms with Gasteiger partial charge in [0.15, 0.2) is 0 Å². The first-order valence-corrected chi connectivity index (χ1v) is 9.79. The number of aromatic nitrogens is 2. The molecule has 2 aliphatic rings. The second-order valence-electron chi connectivity index (χ2n) is 7.16. The van der Waals surface area contributed by atoms with Crippen LogP contribution in [-0.2, 0) is 16.1 Å². The van der Waals surface area contributed by atoms with Gasteiger partial charge in [-0.05, 0) is 32.4 Å². The van der Waals surface area contributed by atoms with E-state index >= 15 is 0 Å². The van der Waals surface area contributed by atoms with Crippen molar-refractivity contribution in [1.82, 2.24) is 14.9 Å². The minimum absolute atomic E-state index is 0.0210. The first-order chi connectivity index (χ1) is 12.5. The van der Waals surface area contributed by atoms with Crippen molar-refractivity contribution >= 4 is 17.2 Å². The van der Waals surface area contributed by atoms with E-state index in [1.54, 1.807) is 17.5 Å². The van der Waals surface area contributed by atoms with Crippen molar-refractivity contribution in [3.8, 4) is 0 Å². The van der Waals surface area contributed by atoms with Gasteiger partial charge in [-0.3, -0.25) is 9.78 Å². The van der Waals surface area contributed by atoms with Gasteiger partial charge >= 0.3 is 0 Å². The van der Waals surface area contributed by atoms with Crippen LogP contribution >= 0.6 is 11.3 Å². The van der Waals surface area contributed by atoms with E-state index in [1.807, 2.05) is 36.3 Å². The average Bonchev–Trinajstić information content (AvgIpc) is 3.03. The average molecular weight is 373 g/mol. The van der Waals surface area contributed by atoms with Crippen molar-refractivity contribution in [3.05, 3.63) is 45.7 Å². The largest absolute Gasteiger partial charge is 0.372 e. The molecule has 4 rings (SSSR count). The van der Waals surface area contributed by atoms with Crippen LogP contribution in [-0.4, -0.2) is 52.2 Å². The minimum atomic E-state index is -0.255. The molecule has 1 spiro atoms. The summed E-state index contributed by atoms with van der Waals surface area (Å²) in [6, 6.07) is 3.70. The van der Waals surface area contributed by atoms with Gasteiger partial charge in [0.25, 0.3) is 5.91 Å². The van der Waals surface area contributed by atoms with Gasteiger partial charge < -0.3 is 14.4 Å². The lowest BCUT2D eigenvalue weighted by molar-refractivity contribution is -0.188. The maximum absolute atomic E-state index is 12.6. The van der Waals surface area contributed by atoms with Crippen LogP contribution in [0.1, 0.15) is 39.6 Å². The van der Waals surface area contributed by atoms with Gasteiger partial charge in [0.2, 0.25) is 0 Å². The lowest BCUT2D eigenvalue weighted by Gasteiger charge is -2.53. The van der Waals surface area contributed by atoms with E-state index in [2.05, 4.69) is 9.97 Å². The van der Waals surface area contributed by atoms with Crippen LogP contribution in [0, 0.1) is 13.8 Å². The molecule has 2 saturated heterocycles. The highest BCUT2D eigenvalue weighted by atomic mass is 32.1. The fourth-order valence-electron chi connectivity index (χ4n) is 3.59. The number of rotatable bonds is 4. The molecule has 26 heavy (non-hydrogen) atoms. The molecule has 138 valence electrons. The predicted molar refractivity (Wildman–Crippen MR) is 98.2 cm³/mol. The zero-order valence-corrected chi connectivity index (χ0v) is 15.9. The van der Waals surface area contributed by atoms with Gasteiger partial charge in [-0.25, -0.2) is 4.98 Å². The maximum atomic E-state index is 12.6. The Labute approximate surface area is 157 Å². The number of aryl methyl sites for hydroxylation is 2. The standard InChI is InChI=1S/C19H23N3O3S/c1-13-3-4-15(8-20-13)18(23)22-11-19(12-22)7-17(5-6-25-19)24-9-16-10-26-14(2)21-16/h3-4,8,10,17H,5-7,9,11-12H2,1-2H3/t17-/m1/s1. The summed E-state index contributed by atoms with van der Waals surface area (Å²) in [6.07, 6.45) is 3.52. The molecule has 2 aromatic rings. The van der Waals surface area contributed by atoms with Gasteiger partial charge in [0.05, 0.1) is 42.1 Å². The third kappa shape index (κ3) is 3.65. The molecule has 0 bridgehead atoms. The zero-order valence-electron chi connectivity index (χ0n) is 15.1. The predicted octanol–water partition coefficient (Wildman–Crippen LogP) is 2.75. The van der Waals surface area contributed by atoms with Crippen molar-refractivity contribution in [2.75, 3.05) is 19.7 Å². The van der Waals surface area contributed by atoms with Gasteiger partial charge in [0.1, 0.15) is 5.60 Å². The fraction of sp³-hybridized carbons (Fsp3) is 0.526. The fourth-order valence-corrected chi connectivity index (χ4v) is 4.19. The van der Waals surface area contributed by atoms with Crippen molar-refractivity contribution in [2.24, 2.45) is 0 Å². The maximum Gasteiger partial charge on any atom is 0.255 e. The highest BCUT2D eigenvalue weighted by molar-refractivity contribution is 7.09. The van der Waals surface area contributed by atoms with E-state index < -0.39 is 0 Å². The zero-order chi connectivity index (χ0) is 18.1. The molecule has 1 atom stereocenters. The molecule has 1 amide bonds. The number of pyridine rings is 1. The summed E-state index contributed by atoms with van der Waals surface area (Å²) in [5.74, 6) is 0.0210. The summed E-state index contributed by atoms with van der Waals surface area (Å²) in [4.78, 5) is 23.0. The number of carbonyl (C=O) groups excluding carboxylic acids is 1. The lowest BCUT2D eigenvalue weighted by atomic mass is 9.84. The highest BCUT2D eigenvalue weighted by Gasteiger charge is 2.49. The number of ether oxygens (including phenoxy) is 2. The van der Waals surface area contributed by atoms with E-state index in [1.165, 1.54) is 0 Å². The third-order valence-corrected chi connectivity index (χ3v) is 5.81. The molecule has 0 aliphatic carbocycles. The van der Waals surface area contributed by atoms with E-state index in [0.29, 0.717) is 31.9 Å². The molecule has 0 aromatic carbocycles. The number of hydrogen-bond donors (Lipinski definition) is 0. The Bertz CT molecular complexity index is 784. The van der Waals surface area contributed by atoms with Crippen molar-refractivity contribution in [1.29, 1.82) is 0 Å². The van der Waals surface area contributed by atoms with Gasteiger partial charge in [-0.15, -0.1) is 11.3 Å². The monoisotopic (exact) mass is 373 g/mol. The number of likely N-dealkylation sites (tertiary alicyclic amines) is 1. The number of thiazole rings is 1. The number of hydrogen-bond acceptors (Lipinski definition) is 6. The number of nitrogens with zero attached hydrogens (tertiary/aromatic N) is 3. The van der Waals surface area contributed by atoms with Crippen LogP contribution in [0.15, 0.2) is 23.7 Å². The summed E-state index contributed by atoms with van der Waals surface area (Å²) < 4.78 is 12.1. The quantitative estimate of drug-likeness (QED) is 0.825. The van der Waals surface area contributed by atoms with E-state index in [-0.39, 0.29) is 17.6 Å². The summed E-state index contributed by atoms with van der Waals surface area (Å²) >= 11 is 1.64. The molecule has 0 unspecified atom stereocenters. The molecular weight excluding hydrogens is 350 g/mol. The SMILES string of the molecule is Cc1ccc(C(=O)N2CC3(C[C@H](OCc4csc(C)n4)CCO3)C2)cn1. The van der Waals surface area contributed by atoms with E-state index in [4.69, 9.17) is 9.47 Å². The summed E-state index contributed by atoms with van der Waals surface area (Å²) in [5.41, 5.74) is 2.28. The normalized spacial score (nSPS) is 21.6. The Morgan fingerprint density at radius 2 is 2.27 bits per heavy atom. The lowest BCUT2D eigenvalue weighted by Crippen LogP contribution is -2.67. The first-order valence-electron chi connectivity index (χ1n) is 8.91. The molecule has 2 aromatic heterocycles. The molecule has 0 saturated carbocycles. The Balaban J connectivity index is 1.31. The first kappa shape index (κ1) is 17.6. The molecule has 2 aliphatic heterocycles. The van der Waals surface area contributed by atoms with Crippen LogP contribution in [0.5, 0.6) is 0 Å². The summed E-state index contributed by atoms with van der Waals surface area (Å²) in [5, 5.41) is 3.11. The van der Waals surface area contributed by atoms with Crippen molar-refractivity contribution in [2.45, 2.75) is 45.0 Å². The Morgan fingerprint density at radius 1 is 1.42 bits per heavy atom. The van der Waals surface area contributed by atoms with E-state index in [9.17, 15) is 4.79 Å². The van der Waals surface area contributed by atoms with Crippen LogP contribution in [0.3, 0.4) is 0 Å². The van der Waals surface area contributed by atoms with Crippen LogP contribution in [0.25, 0.3) is 0 Å². The molecule has 7 heteroatoms. The van der Waals surface area contributed by atoms with Crippen LogP contribution < -0.4 is 0 Å². The molecular formula is C19H23N3O3S. The molecule has 0 radical (unpaired) electrons. The minimum Gasteiger partial charge on any atom is -0.372 e. The molecule has 0 N–H and O–H groups in total. The topological polar surface area (TPSA) is 64.6 Å². The Hall–Kier alpha value is -1.83. The Morgan fingerprint density at radius 3 is 2.96 bits per heavy atom. The molecule has 6 nitrogen and oxygen atoms in total. The second kappa shape index (κ2) is 7.06. The molecule has 4 heterocycles.